The van der Waals surface area contributed by atoms with E-state index in [4.69, 9.17) is 4.74 Å². The molecule has 0 aromatic carbocycles. The fraction of sp³-hybridized carbons (Fsp3) is 0.938. The van der Waals surface area contributed by atoms with Gasteiger partial charge < -0.3 is 10.1 Å². The van der Waals surface area contributed by atoms with Crippen molar-refractivity contribution >= 4 is 5.91 Å². The van der Waals surface area contributed by atoms with Crippen LogP contribution in [0.1, 0.15) is 40.5 Å². The Kier molecular flexibility index (Phi) is 8.88. The molecule has 0 bridgehead atoms. The van der Waals surface area contributed by atoms with Crippen LogP contribution in [0.5, 0.6) is 0 Å². The van der Waals surface area contributed by atoms with E-state index in [1.807, 2.05) is 13.8 Å². The molecule has 1 rings (SSSR count). The van der Waals surface area contributed by atoms with Crippen LogP contribution >= 0.6 is 0 Å². The Morgan fingerprint density at radius 3 is 2.38 bits per heavy atom. The van der Waals surface area contributed by atoms with E-state index in [1.165, 1.54) is 0 Å². The second-order valence-corrected chi connectivity index (χ2v) is 6.34. The van der Waals surface area contributed by atoms with E-state index in [0.717, 1.165) is 45.7 Å². The molecular weight excluding hydrogens is 266 g/mol. The normalized spacial score (nSPS) is 17.6. The smallest absolute Gasteiger partial charge is 0.220 e. The minimum Gasteiger partial charge on any atom is -0.379 e. The molecule has 124 valence electrons. The van der Waals surface area contributed by atoms with Crippen molar-refractivity contribution in [1.82, 2.24) is 15.1 Å². The second-order valence-electron chi connectivity index (χ2n) is 6.34. The molecule has 5 nitrogen and oxygen atoms in total. The third kappa shape index (κ3) is 8.39. The van der Waals surface area contributed by atoms with Gasteiger partial charge in [-0.05, 0) is 34.1 Å². The summed E-state index contributed by atoms with van der Waals surface area (Å²) >= 11 is 0. The van der Waals surface area contributed by atoms with E-state index in [2.05, 4.69) is 29.0 Å². The molecule has 1 heterocycles. The van der Waals surface area contributed by atoms with Crippen molar-refractivity contribution in [3.8, 4) is 0 Å². The average molecular weight is 299 g/mol. The van der Waals surface area contributed by atoms with Gasteiger partial charge >= 0.3 is 0 Å². The number of hydrogen-bond acceptors (Lipinski definition) is 4. The number of nitrogens with zero attached hydrogens (tertiary/aromatic N) is 2. The Balaban J connectivity index is 2.00. The molecule has 0 unspecified atom stereocenters. The lowest BCUT2D eigenvalue weighted by Gasteiger charge is -2.36. The summed E-state index contributed by atoms with van der Waals surface area (Å²) in [5, 5.41) is 3.00. The number of amides is 1. The lowest BCUT2D eigenvalue weighted by atomic mass is 10.2. The van der Waals surface area contributed by atoms with Gasteiger partial charge in [0.05, 0.1) is 6.10 Å². The molecule has 0 atom stereocenters. The van der Waals surface area contributed by atoms with Crippen molar-refractivity contribution in [3.63, 3.8) is 0 Å². The monoisotopic (exact) mass is 299 g/mol. The molecule has 0 aromatic heterocycles. The quantitative estimate of drug-likeness (QED) is 0.653. The maximum atomic E-state index is 11.7. The summed E-state index contributed by atoms with van der Waals surface area (Å²) in [6, 6.07) is 0.639. The Morgan fingerprint density at radius 1 is 1.14 bits per heavy atom. The van der Waals surface area contributed by atoms with E-state index in [0.29, 0.717) is 19.1 Å². The Morgan fingerprint density at radius 2 is 1.81 bits per heavy atom. The Hall–Kier alpha value is -0.650. The minimum atomic E-state index is 0.142. The molecule has 1 fully saturated rings. The number of piperazine rings is 1. The van der Waals surface area contributed by atoms with Crippen molar-refractivity contribution < 1.29 is 9.53 Å². The largest absolute Gasteiger partial charge is 0.379 e. The van der Waals surface area contributed by atoms with E-state index >= 15 is 0 Å². The first-order chi connectivity index (χ1) is 9.99. The first kappa shape index (κ1) is 18.4. The minimum absolute atomic E-state index is 0.142. The molecule has 0 spiro atoms. The van der Waals surface area contributed by atoms with E-state index in [1.54, 1.807) is 0 Å². The van der Waals surface area contributed by atoms with Crippen LogP contribution in [0.2, 0.25) is 0 Å². The number of ether oxygens (including phenoxy) is 1. The molecule has 1 saturated heterocycles. The van der Waals surface area contributed by atoms with Crippen LogP contribution in [0, 0.1) is 0 Å². The van der Waals surface area contributed by atoms with Crippen LogP contribution in [0.25, 0.3) is 0 Å². The predicted molar refractivity (Wildman–Crippen MR) is 86.5 cm³/mol. The molecular formula is C16H33N3O2. The van der Waals surface area contributed by atoms with Crippen molar-refractivity contribution in [3.05, 3.63) is 0 Å². The summed E-state index contributed by atoms with van der Waals surface area (Å²) in [5.74, 6) is 0.142. The van der Waals surface area contributed by atoms with Crippen LogP contribution < -0.4 is 5.32 Å². The van der Waals surface area contributed by atoms with Gasteiger partial charge in [0.25, 0.3) is 0 Å². The van der Waals surface area contributed by atoms with Crippen LogP contribution in [0.4, 0.5) is 0 Å². The number of carbonyl (C=O) groups excluding carboxylic acids is 1. The lowest BCUT2D eigenvalue weighted by Crippen LogP contribution is -2.50. The molecule has 1 aliphatic rings. The van der Waals surface area contributed by atoms with Crippen molar-refractivity contribution in [2.24, 2.45) is 0 Å². The molecule has 0 aromatic rings. The summed E-state index contributed by atoms with van der Waals surface area (Å²) < 4.78 is 5.43. The van der Waals surface area contributed by atoms with Gasteiger partial charge in [-0.15, -0.1) is 0 Å². The standard InChI is InChI=1S/C16H33N3O2/c1-14(2)19-11-9-18(10-12-19)8-7-17-16(20)6-5-13-21-15(3)4/h14-15H,5-13H2,1-4H3,(H,17,20). The summed E-state index contributed by atoms with van der Waals surface area (Å²) in [6.45, 7) is 15.4. The molecule has 21 heavy (non-hydrogen) atoms. The Labute approximate surface area is 130 Å². The zero-order valence-electron chi connectivity index (χ0n) is 14.2. The molecule has 0 radical (unpaired) electrons. The molecule has 1 N–H and O–H groups in total. The Bertz CT molecular complexity index is 287. The highest BCUT2D eigenvalue weighted by Crippen LogP contribution is 2.05. The highest BCUT2D eigenvalue weighted by Gasteiger charge is 2.18. The van der Waals surface area contributed by atoms with Gasteiger partial charge in [-0.1, -0.05) is 0 Å². The fourth-order valence-corrected chi connectivity index (χ4v) is 2.50. The topological polar surface area (TPSA) is 44.8 Å². The maximum absolute atomic E-state index is 11.7. The third-order valence-corrected chi connectivity index (χ3v) is 3.89. The van der Waals surface area contributed by atoms with Gasteiger partial charge in [-0.25, -0.2) is 0 Å². The van der Waals surface area contributed by atoms with Gasteiger partial charge in [0.2, 0.25) is 5.91 Å². The average Bonchev–Trinajstić information content (AvgIpc) is 2.44. The maximum Gasteiger partial charge on any atom is 0.220 e. The SMILES string of the molecule is CC(C)OCCCC(=O)NCCN1CCN(C(C)C)CC1. The number of hydrogen-bond donors (Lipinski definition) is 1. The van der Waals surface area contributed by atoms with Gasteiger partial charge in [0.1, 0.15) is 0 Å². The fourth-order valence-electron chi connectivity index (χ4n) is 2.50. The molecule has 1 aliphatic heterocycles. The van der Waals surface area contributed by atoms with Crippen molar-refractivity contribution in [1.29, 1.82) is 0 Å². The van der Waals surface area contributed by atoms with Gasteiger partial charge in [-0.3, -0.25) is 14.6 Å². The predicted octanol–water partition coefficient (Wildman–Crippen LogP) is 1.33. The van der Waals surface area contributed by atoms with Gasteiger partial charge in [0, 0.05) is 58.3 Å². The summed E-state index contributed by atoms with van der Waals surface area (Å²) in [6.07, 6.45) is 1.61. The zero-order chi connectivity index (χ0) is 15.7. The molecule has 0 aliphatic carbocycles. The summed E-state index contributed by atoms with van der Waals surface area (Å²) in [7, 11) is 0. The first-order valence-electron chi connectivity index (χ1n) is 8.33. The molecule has 5 heteroatoms. The van der Waals surface area contributed by atoms with Crippen LogP contribution in [-0.2, 0) is 9.53 Å². The summed E-state index contributed by atoms with van der Waals surface area (Å²) in [4.78, 5) is 16.6. The molecule has 1 amide bonds. The molecule has 0 saturated carbocycles. The van der Waals surface area contributed by atoms with Gasteiger partial charge in [-0.2, -0.15) is 0 Å². The van der Waals surface area contributed by atoms with E-state index < -0.39 is 0 Å². The highest BCUT2D eigenvalue weighted by atomic mass is 16.5. The number of nitrogens with one attached hydrogen (secondary N) is 1. The van der Waals surface area contributed by atoms with Crippen molar-refractivity contribution in [2.45, 2.75) is 52.7 Å². The number of carbonyl (C=O) groups is 1. The van der Waals surface area contributed by atoms with E-state index in [-0.39, 0.29) is 12.0 Å². The van der Waals surface area contributed by atoms with Crippen LogP contribution in [0.15, 0.2) is 0 Å². The van der Waals surface area contributed by atoms with Gasteiger partial charge in [0.15, 0.2) is 0 Å². The van der Waals surface area contributed by atoms with E-state index in [9.17, 15) is 4.79 Å². The highest BCUT2D eigenvalue weighted by molar-refractivity contribution is 5.75. The third-order valence-electron chi connectivity index (χ3n) is 3.89. The van der Waals surface area contributed by atoms with Crippen molar-refractivity contribution in [2.75, 3.05) is 45.9 Å². The van der Waals surface area contributed by atoms with Crippen LogP contribution in [-0.4, -0.2) is 73.7 Å². The van der Waals surface area contributed by atoms with Crippen LogP contribution in [0.3, 0.4) is 0 Å². The first-order valence-corrected chi connectivity index (χ1v) is 8.33. The second kappa shape index (κ2) is 10.1. The zero-order valence-corrected chi connectivity index (χ0v) is 14.2. The summed E-state index contributed by atoms with van der Waals surface area (Å²) in [5.41, 5.74) is 0. The lowest BCUT2D eigenvalue weighted by molar-refractivity contribution is -0.121. The number of rotatable bonds is 9.